The molecular formula is C18H22BrN2O2+. The van der Waals surface area contributed by atoms with E-state index in [1.807, 2.05) is 42.5 Å². The van der Waals surface area contributed by atoms with E-state index in [0.717, 1.165) is 29.0 Å². The molecule has 4 nitrogen and oxygen atoms in total. The molecule has 2 N–H and O–H groups in total. The molecule has 0 radical (unpaired) electrons. The number of halogens is 1. The Balaban J connectivity index is 1.95. The molecule has 0 bridgehead atoms. The predicted molar refractivity (Wildman–Crippen MR) is 95.8 cm³/mol. The van der Waals surface area contributed by atoms with Gasteiger partial charge in [0.05, 0.1) is 13.7 Å². The van der Waals surface area contributed by atoms with E-state index in [-0.39, 0.29) is 5.91 Å². The van der Waals surface area contributed by atoms with Gasteiger partial charge in [-0.25, -0.2) is 0 Å². The molecule has 0 saturated heterocycles. The van der Waals surface area contributed by atoms with Crippen molar-refractivity contribution in [3.05, 3.63) is 58.6 Å². The van der Waals surface area contributed by atoms with E-state index in [2.05, 4.69) is 34.2 Å². The zero-order chi connectivity index (χ0) is 16.7. The van der Waals surface area contributed by atoms with E-state index >= 15 is 0 Å². The number of rotatable bonds is 7. The van der Waals surface area contributed by atoms with Crippen LogP contribution in [0.25, 0.3) is 0 Å². The summed E-state index contributed by atoms with van der Waals surface area (Å²) in [4.78, 5) is 13.5. The van der Waals surface area contributed by atoms with Gasteiger partial charge >= 0.3 is 0 Å². The molecule has 0 aliphatic carbocycles. The smallest absolute Gasteiger partial charge is 0.279 e. The summed E-state index contributed by atoms with van der Waals surface area (Å²) in [6, 6.07) is 15.5. The number of quaternary nitrogens is 1. The number of carbonyl (C=O) groups excluding carboxylic acids is 1. The molecule has 2 aromatic rings. The average Bonchev–Trinajstić information content (AvgIpc) is 2.56. The Hall–Kier alpha value is -1.85. The lowest BCUT2D eigenvalue weighted by Crippen LogP contribution is -3.11. The van der Waals surface area contributed by atoms with Crippen molar-refractivity contribution in [3.63, 3.8) is 0 Å². The highest BCUT2D eigenvalue weighted by atomic mass is 79.9. The van der Waals surface area contributed by atoms with Crippen LogP contribution in [-0.4, -0.2) is 26.1 Å². The zero-order valence-electron chi connectivity index (χ0n) is 13.4. The summed E-state index contributed by atoms with van der Waals surface area (Å²) in [6.45, 7) is 4.20. The number of hydrogen-bond acceptors (Lipinski definition) is 2. The van der Waals surface area contributed by atoms with E-state index in [0.29, 0.717) is 6.54 Å². The Bertz CT molecular complexity index is 661. The Labute approximate surface area is 145 Å². The number of likely N-dealkylation sites (N-methyl/N-ethyl adjacent to an activating group) is 1. The fourth-order valence-corrected chi connectivity index (χ4v) is 2.78. The summed E-state index contributed by atoms with van der Waals surface area (Å²) in [5.74, 6) is 0.734. The van der Waals surface area contributed by atoms with Crippen LogP contribution in [0.2, 0.25) is 0 Å². The minimum Gasteiger partial charge on any atom is -0.497 e. The standard InChI is InChI=1S/C18H21BrN2O2/c1-3-21(12-14-7-4-5-10-17(14)19)13-18(22)20-15-8-6-9-16(11-15)23-2/h4-11H,3,12-13H2,1-2H3,(H,20,22)/p+1. The molecule has 1 atom stereocenters. The molecule has 2 aromatic carbocycles. The van der Waals surface area contributed by atoms with Gasteiger partial charge in [-0.1, -0.05) is 40.2 Å². The zero-order valence-corrected chi connectivity index (χ0v) is 15.0. The van der Waals surface area contributed by atoms with E-state index in [1.165, 1.54) is 10.5 Å². The SMILES string of the molecule is CC[NH+](CC(=O)Nc1cccc(OC)c1)Cc1ccccc1Br. The van der Waals surface area contributed by atoms with Crippen molar-refractivity contribution in [2.24, 2.45) is 0 Å². The van der Waals surface area contributed by atoms with Crippen LogP contribution in [0.4, 0.5) is 5.69 Å². The van der Waals surface area contributed by atoms with Crippen LogP contribution in [0.5, 0.6) is 5.75 Å². The summed E-state index contributed by atoms with van der Waals surface area (Å²) in [6.07, 6.45) is 0. The number of anilines is 1. The Morgan fingerprint density at radius 2 is 2.00 bits per heavy atom. The first-order chi connectivity index (χ1) is 11.1. The quantitative estimate of drug-likeness (QED) is 0.778. The topological polar surface area (TPSA) is 42.8 Å². The molecule has 0 heterocycles. The number of ether oxygens (including phenoxy) is 1. The number of nitrogens with one attached hydrogen (secondary N) is 2. The van der Waals surface area contributed by atoms with Gasteiger partial charge in [0.2, 0.25) is 0 Å². The number of hydrogen-bond donors (Lipinski definition) is 2. The second kappa shape index (κ2) is 8.70. The van der Waals surface area contributed by atoms with Gasteiger partial charge in [-0.05, 0) is 25.1 Å². The maximum absolute atomic E-state index is 12.3. The third-order valence-electron chi connectivity index (χ3n) is 3.66. The lowest BCUT2D eigenvalue weighted by molar-refractivity contribution is -0.904. The maximum atomic E-state index is 12.3. The van der Waals surface area contributed by atoms with Gasteiger partial charge in [0.1, 0.15) is 12.3 Å². The minimum atomic E-state index is 0.00200. The summed E-state index contributed by atoms with van der Waals surface area (Å²) >= 11 is 3.56. The molecule has 0 fully saturated rings. The second-order valence-electron chi connectivity index (χ2n) is 5.33. The predicted octanol–water partition coefficient (Wildman–Crippen LogP) is 2.50. The number of methoxy groups -OCH3 is 1. The third-order valence-corrected chi connectivity index (χ3v) is 4.44. The molecule has 0 aromatic heterocycles. The van der Waals surface area contributed by atoms with E-state index in [4.69, 9.17) is 4.74 Å². The third kappa shape index (κ3) is 5.37. The van der Waals surface area contributed by atoms with Gasteiger partial charge in [0.15, 0.2) is 6.54 Å². The highest BCUT2D eigenvalue weighted by Crippen LogP contribution is 2.16. The molecule has 0 aliphatic rings. The minimum absolute atomic E-state index is 0.00200. The van der Waals surface area contributed by atoms with Crippen molar-refractivity contribution < 1.29 is 14.4 Å². The first kappa shape index (κ1) is 17.5. The highest BCUT2D eigenvalue weighted by molar-refractivity contribution is 9.10. The monoisotopic (exact) mass is 377 g/mol. The molecule has 1 unspecified atom stereocenters. The number of benzene rings is 2. The number of carbonyl (C=O) groups is 1. The molecule has 0 spiro atoms. The molecule has 0 aliphatic heterocycles. The van der Waals surface area contributed by atoms with Gasteiger partial charge in [-0.15, -0.1) is 0 Å². The highest BCUT2D eigenvalue weighted by Gasteiger charge is 2.14. The van der Waals surface area contributed by atoms with Crippen molar-refractivity contribution in [2.45, 2.75) is 13.5 Å². The van der Waals surface area contributed by atoms with Gasteiger partial charge in [0, 0.05) is 21.8 Å². The van der Waals surface area contributed by atoms with Crippen molar-refractivity contribution in [2.75, 3.05) is 25.5 Å². The van der Waals surface area contributed by atoms with Crippen molar-refractivity contribution in [1.82, 2.24) is 0 Å². The molecule has 122 valence electrons. The molecule has 2 rings (SSSR count). The van der Waals surface area contributed by atoms with Gasteiger partial charge in [0.25, 0.3) is 5.91 Å². The van der Waals surface area contributed by atoms with Gasteiger partial charge in [-0.2, -0.15) is 0 Å². The normalized spacial score (nSPS) is 11.8. The van der Waals surface area contributed by atoms with Crippen LogP contribution >= 0.6 is 15.9 Å². The van der Waals surface area contributed by atoms with E-state index in [1.54, 1.807) is 7.11 Å². The van der Waals surface area contributed by atoms with Gasteiger partial charge in [-0.3, -0.25) is 4.79 Å². The molecule has 0 saturated carbocycles. The van der Waals surface area contributed by atoms with E-state index in [9.17, 15) is 4.79 Å². The Kier molecular flexibility index (Phi) is 6.62. The summed E-state index contributed by atoms with van der Waals surface area (Å²) in [7, 11) is 1.61. The molecule has 5 heteroatoms. The lowest BCUT2D eigenvalue weighted by atomic mass is 10.2. The molecule has 23 heavy (non-hydrogen) atoms. The van der Waals surface area contributed by atoms with Crippen LogP contribution in [0.1, 0.15) is 12.5 Å². The Morgan fingerprint density at radius 1 is 1.22 bits per heavy atom. The molecule has 1 amide bonds. The summed E-state index contributed by atoms with van der Waals surface area (Å²) < 4.78 is 6.25. The van der Waals surface area contributed by atoms with Crippen molar-refractivity contribution in [1.29, 1.82) is 0 Å². The molecular weight excluding hydrogens is 356 g/mol. The van der Waals surface area contributed by atoms with E-state index < -0.39 is 0 Å². The fraction of sp³-hybridized carbons (Fsp3) is 0.278. The van der Waals surface area contributed by atoms with Gasteiger partial charge < -0.3 is 15.0 Å². The maximum Gasteiger partial charge on any atom is 0.279 e. The first-order valence-electron chi connectivity index (χ1n) is 7.63. The lowest BCUT2D eigenvalue weighted by Gasteiger charge is -2.18. The van der Waals surface area contributed by atoms with Crippen LogP contribution in [0, 0.1) is 0 Å². The summed E-state index contributed by atoms with van der Waals surface area (Å²) in [5.41, 5.74) is 1.96. The first-order valence-corrected chi connectivity index (χ1v) is 8.42. The second-order valence-corrected chi connectivity index (χ2v) is 6.18. The Morgan fingerprint density at radius 3 is 2.70 bits per heavy atom. The van der Waals surface area contributed by atoms with Crippen LogP contribution < -0.4 is 15.0 Å². The summed E-state index contributed by atoms with van der Waals surface area (Å²) in [5, 5.41) is 2.93. The average molecular weight is 378 g/mol. The fourth-order valence-electron chi connectivity index (χ4n) is 2.36. The van der Waals surface area contributed by atoms with Crippen molar-refractivity contribution >= 4 is 27.5 Å². The van der Waals surface area contributed by atoms with Crippen LogP contribution in [-0.2, 0) is 11.3 Å². The van der Waals surface area contributed by atoms with Crippen LogP contribution in [0.15, 0.2) is 53.0 Å². The number of amides is 1. The largest absolute Gasteiger partial charge is 0.497 e. The van der Waals surface area contributed by atoms with Crippen LogP contribution in [0.3, 0.4) is 0 Å². The van der Waals surface area contributed by atoms with Crippen molar-refractivity contribution in [3.8, 4) is 5.75 Å².